The predicted octanol–water partition coefficient (Wildman–Crippen LogP) is 3.93. The summed E-state index contributed by atoms with van der Waals surface area (Å²) in [6.45, 7) is 3.53. The molecule has 0 amide bonds. The van der Waals surface area contributed by atoms with Crippen LogP contribution in [0.4, 0.5) is 15.8 Å². The van der Waals surface area contributed by atoms with Crippen molar-refractivity contribution in [2.75, 3.05) is 17.2 Å². The van der Waals surface area contributed by atoms with Gasteiger partial charge in [-0.15, -0.1) is 0 Å². The minimum atomic E-state index is -0.257. The van der Waals surface area contributed by atoms with Crippen LogP contribution in [-0.4, -0.2) is 6.54 Å². The van der Waals surface area contributed by atoms with E-state index in [0.717, 1.165) is 35.5 Å². The van der Waals surface area contributed by atoms with E-state index >= 15 is 0 Å². The molecule has 0 atom stereocenters. The molecule has 0 bridgehead atoms. The molecule has 4 heteroatoms. The van der Waals surface area contributed by atoms with Crippen LogP contribution < -0.4 is 10.6 Å². The van der Waals surface area contributed by atoms with E-state index in [4.69, 9.17) is 17.3 Å². The van der Waals surface area contributed by atoms with Gasteiger partial charge in [-0.1, -0.05) is 17.7 Å². The Hall–Kier alpha value is -1.74. The third-order valence-corrected chi connectivity index (χ3v) is 4.20. The van der Waals surface area contributed by atoms with Crippen LogP contribution in [-0.2, 0) is 13.0 Å². The summed E-state index contributed by atoms with van der Waals surface area (Å²) in [5.41, 5.74) is 11.1. The number of anilines is 2. The van der Waals surface area contributed by atoms with Crippen LogP contribution in [0.5, 0.6) is 0 Å². The Balaban J connectivity index is 1.92. The Labute approximate surface area is 123 Å². The molecule has 20 heavy (non-hydrogen) atoms. The van der Waals surface area contributed by atoms with Gasteiger partial charge in [-0.2, -0.15) is 0 Å². The Morgan fingerprint density at radius 2 is 2.10 bits per heavy atom. The van der Waals surface area contributed by atoms with Gasteiger partial charge in [0.15, 0.2) is 0 Å². The van der Waals surface area contributed by atoms with Crippen molar-refractivity contribution in [2.24, 2.45) is 0 Å². The lowest BCUT2D eigenvalue weighted by molar-refractivity contribution is 0.624. The molecule has 2 aromatic carbocycles. The highest BCUT2D eigenvalue weighted by Crippen LogP contribution is 2.33. The fourth-order valence-electron chi connectivity index (χ4n) is 2.68. The molecule has 2 N–H and O–H groups in total. The van der Waals surface area contributed by atoms with Gasteiger partial charge in [0, 0.05) is 29.5 Å². The van der Waals surface area contributed by atoms with E-state index in [9.17, 15) is 4.39 Å². The van der Waals surface area contributed by atoms with E-state index in [2.05, 4.69) is 11.0 Å². The zero-order valence-electron chi connectivity index (χ0n) is 11.3. The number of nitrogens with zero attached hydrogens (tertiary/aromatic N) is 1. The quantitative estimate of drug-likeness (QED) is 0.849. The third kappa shape index (κ3) is 2.34. The summed E-state index contributed by atoms with van der Waals surface area (Å²) in [4.78, 5) is 2.20. The lowest BCUT2D eigenvalue weighted by atomic mass is 10.1. The van der Waals surface area contributed by atoms with Gasteiger partial charge < -0.3 is 10.6 Å². The monoisotopic (exact) mass is 290 g/mol. The van der Waals surface area contributed by atoms with Gasteiger partial charge in [0.25, 0.3) is 0 Å². The van der Waals surface area contributed by atoms with Crippen LogP contribution in [0, 0.1) is 12.7 Å². The van der Waals surface area contributed by atoms with Gasteiger partial charge in [-0.3, -0.25) is 0 Å². The van der Waals surface area contributed by atoms with Crippen molar-refractivity contribution in [1.29, 1.82) is 0 Å². The van der Waals surface area contributed by atoms with E-state index < -0.39 is 0 Å². The van der Waals surface area contributed by atoms with Crippen LogP contribution >= 0.6 is 11.6 Å². The molecule has 104 valence electrons. The van der Waals surface area contributed by atoms with Gasteiger partial charge in [-0.25, -0.2) is 4.39 Å². The first-order chi connectivity index (χ1) is 9.54. The average Bonchev–Trinajstić information content (AvgIpc) is 2.77. The number of rotatable bonds is 2. The van der Waals surface area contributed by atoms with Crippen LogP contribution in [0.1, 0.15) is 16.7 Å². The Kier molecular flexibility index (Phi) is 3.30. The molecule has 2 aromatic rings. The number of hydrogen-bond acceptors (Lipinski definition) is 2. The van der Waals surface area contributed by atoms with Gasteiger partial charge in [0.05, 0.1) is 0 Å². The molecule has 1 aliphatic rings. The average molecular weight is 291 g/mol. The van der Waals surface area contributed by atoms with Crippen molar-refractivity contribution in [2.45, 2.75) is 19.9 Å². The highest BCUT2D eigenvalue weighted by molar-refractivity contribution is 6.31. The molecule has 0 spiro atoms. The second kappa shape index (κ2) is 4.98. The summed E-state index contributed by atoms with van der Waals surface area (Å²) >= 11 is 6.14. The fraction of sp³-hybridized carbons (Fsp3) is 0.250. The normalized spacial score (nSPS) is 13.7. The molecular weight excluding hydrogens is 275 g/mol. The predicted molar refractivity (Wildman–Crippen MR) is 81.8 cm³/mol. The van der Waals surface area contributed by atoms with Crippen LogP contribution in [0.15, 0.2) is 30.3 Å². The largest absolute Gasteiger partial charge is 0.398 e. The second-order valence-corrected chi connectivity index (χ2v) is 5.65. The smallest absolute Gasteiger partial charge is 0.123 e. The number of hydrogen-bond donors (Lipinski definition) is 1. The van der Waals surface area contributed by atoms with Gasteiger partial charge >= 0.3 is 0 Å². The Bertz CT molecular complexity index is 670. The standard InChI is InChI=1S/C16H16ClFN2/c1-10-6-11-4-5-20(16(11)8-15(10)19)9-12-7-13(18)2-3-14(12)17/h2-3,6-8H,4-5,9,19H2,1H3. The molecule has 0 aromatic heterocycles. The van der Waals surface area contributed by atoms with Crippen molar-refractivity contribution in [1.82, 2.24) is 0 Å². The maximum Gasteiger partial charge on any atom is 0.123 e. The van der Waals surface area contributed by atoms with Crippen LogP contribution in [0.2, 0.25) is 5.02 Å². The number of halogens is 2. The van der Waals surface area contributed by atoms with Crippen molar-refractivity contribution in [3.8, 4) is 0 Å². The summed E-state index contributed by atoms with van der Waals surface area (Å²) in [7, 11) is 0. The number of nitrogens with two attached hydrogens (primary N) is 1. The molecule has 0 aliphatic carbocycles. The number of nitrogen functional groups attached to an aromatic ring is 1. The van der Waals surface area contributed by atoms with Gasteiger partial charge in [0.1, 0.15) is 5.82 Å². The highest BCUT2D eigenvalue weighted by atomic mass is 35.5. The SMILES string of the molecule is Cc1cc2c(cc1N)N(Cc1cc(F)ccc1Cl)CC2. The van der Waals surface area contributed by atoms with Crippen molar-refractivity contribution < 1.29 is 4.39 Å². The Morgan fingerprint density at radius 1 is 1.30 bits per heavy atom. The minimum absolute atomic E-state index is 0.257. The van der Waals surface area contributed by atoms with Gasteiger partial charge in [-0.05, 0) is 54.3 Å². The lowest BCUT2D eigenvalue weighted by Gasteiger charge is -2.21. The summed E-state index contributed by atoms with van der Waals surface area (Å²) in [5.74, 6) is -0.257. The Morgan fingerprint density at radius 3 is 2.90 bits per heavy atom. The first-order valence-corrected chi connectivity index (χ1v) is 7.00. The second-order valence-electron chi connectivity index (χ2n) is 5.24. The first kappa shape index (κ1) is 13.3. The minimum Gasteiger partial charge on any atom is -0.398 e. The summed E-state index contributed by atoms with van der Waals surface area (Å²) in [5, 5.41) is 0.597. The lowest BCUT2D eigenvalue weighted by Crippen LogP contribution is -2.20. The summed E-state index contributed by atoms with van der Waals surface area (Å²) < 4.78 is 13.3. The van der Waals surface area contributed by atoms with Crippen LogP contribution in [0.25, 0.3) is 0 Å². The maximum absolute atomic E-state index is 13.3. The number of fused-ring (bicyclic) bond motifs is 1. The molecule has 2 nitrogen and oxygen atoms in total. The number of benzene rings is 2. The van der Waals surface area contributed by atoms with Gasteiger partial charge in [0.2, 0.25) is 0 Å². The van der Waals surface area contributed by atoms with E-state index in [-0.39, 0.29) is 5.82 Å². The third-order valence-electron chi connectivity index (χ3n) is 3.83. The van der Waals surface area contributed by atoms with Crippen molar-refractivity contribution in [3.63, 3.8) is 0 Å². The van der Waals surface area contributed by atoms with E-state index in [1.54, 1.807) is 6.07 Å². The van der Waals surface area contributed by atoms with Crippen molar-refractivity contribution in [3.05, 3.63) is 57.9 Å². The van der Waals surface area contributed by atoms with E-state index in [1.165, 1.54) is 17.7 Å². The molecule has 1 aliphatic heterocycles. The fourth-order valence-corrected chi connectivity index (χ4v) is 2.85. The molecule has 0 unspecified atom stereocenters. The molecule has 0 fully saturated rings. The topological polar surface area (TPSA) is 29.3 Å². The summed E-state index contributed by atoms with van der Waals surface area (Å²) in [6, 6.07) is 8.62. The zero-order valence-corrected chi connectivity index (χ0v) is 12.0. The molecule has 3 rings (SSSR count). The zero-order chi connectivity index (χ0) is 14.3. The number of aryl methyl sites for hydroxylation is 1. The maximum atomic E-state index is 13.3. The van der Waals surface area contributed by atoms with Crippen LogP contribution in [0.3, 0.4) is 0 Å². The van der Waals surface area contributed by atoms with Crippen molar-refractivity contribution >= 4 is 23.0 Å². The van der Waals surface area contributed by atoms with E-state index in [1.807, 2.05) is 13.0 Å². The molecule has 0 saturated heterocycles. The summed E-state index contributed by atoms with van der Waals surface area (Å²) in [6.07, 6.45) is 0.989. The molecule has 0 saturated carbocycles. The molecule has 1 heterocycles. The molecular formula is C16H16ClFN2. The molecule has 0 radical (unpaired) electrons. The van der Waals surface area contributed by atoms with E-state index in [0.29, 0.717) is 11.6 Å². The highest BCUT2D eigenvalue weighted by Gasteiger charge is 2.21. The first-order valence-electron chi connectivity index (χ1n) is 6.62.